The molecule has 2 aromatic carbocycles. The molecule has 7 rings (SSSR count). The molecule has 9 nitrogen and oxygen atoms in total. The number of carbonyl (C=O) groups excluding carboxylic acids is 1. The predicted molar refractivity (Wildman–Crippen MR) is 149 cm³/mol. The van der Waals surface area contributed by atoms with Crippen molar-refractivity contribution >= 4 is 22.5 Å². The van der Waals surface area contributed by atoms with Gasteiger partial charge in [0.1, 0.15) is 0 Å². The lowest BCUT2D eigenvalue weighted by molar-refractivity contribution is -0.0840. The van der Waals surface area contributed by atoms with E-state index in [1.165, 1.54) is 18.5 Å². The van der Waals surface area contributed by atoms with Crippen molar-refractivity contribution in [2.45, 2.75) is 43.3 Å². The maximum Gasteiger partial charge on any atom is 0.251 e. The minimum Gasteiger partial charge on any atom is -0.379 e. The van der Waals surface area contributed by atoms with Crippen LogP contribution in [-0.4, -0.2) is 97.9 Å². The molecule has 4 aliphatic rings. The van der Waals surface area contributed by atoms with Crippen LogP contribution in [0.2, 0.25) is 0 Å². The lowest BCUT2D eigenvalue weighted by Crippen LogP contribution is -2.62. The quantitative estimate of drug-likeness (QED) is 0.505. The summed E-state index contributed by atoms with van der Waals surface area (Å²) in [5.41, 5.74) is 4.53. The molecule has 2 bridgehead atoms. The predicted octanol–water partition coefficient (Wildman–Crippen LogP) is 3.21. The largest absolute Gasteiger partial charge is 0.379 e. The average molecular weight is 532 g/mol. The highest BCUT2D eigenvalue weighted by Crippen LogP contribution is 2.36. The van der Waals surface area contributed by atoms with Gasteiger partial charge >= 0.3 is 0 Å². The van der Waals surface area contributed by atoms with Gasteiger partial charge in [0.05, 0.1) is 61.9 Å². The van der Waals surface area contributed by atoms with E-state index < -0.39 is 0 Å². The number of H-pyrrole nitrogens is 1. The summed E-state index contributed by atoms with van der Waals surface area (Å²) in [5.74, 6) is -0.0691. The normalized spacial score (nSPS) is 27.6. The Kier molecular flexibility index (Phi) is 6.76. The number of anilines is 1. The molecular formula is C30H37N5O4. The van der Waals surface area contributed by atoms with Crippen LogP contribution in [-0.2, 0) is 14.2 Å². The monoisotopic (exact) mass is 531 g/mol. The van der Waals surface area contributed by atoms with Crippen molar-refractivity contribution < 1.29 is 19.0 Å². The molecule has 3 aromatic rings. The summed E-state index contributed by atoms with van der Waals surface area (Å²) < 4.78 is 17.2. The summed E-state index contributed by atoms with van der Waals surface area (Å²) in [5, 5.41) is 11.9. The highest BCUT2D eigenvalue weighted by Gasteiger charge is 2.40. The number of fused-ring (bicyclic) bond motifs is 3. The lowest BCUT2D eigenvalue weighted by Gasteiger charge is -2.47. The zero-order valence-corrected chi connectivity index (χ0v) is 22.4. The second kappa shape index (κ2) is 10.5. The fourth-order valence-electron chi connectivity index (χ4n) is 6.94. The molecule has 4 aliphatic heterocycles. The van der Waals surface area contributed by atoms with Crippen LogP contribution in [0.4, 0.5) is 5.69 Å². The zero-order chi connectivity index (χ0) is 26.2. The number of carbonyl (C=O) groups is 1. The van der Waals surface area contributed by atoms with Crippen LogP contribution < -0.4 is 10.2 Å². The summed E-state index contributed by atoms with van der Waals surface area (Å²) >= 11 is 0. The Bertz CT molecular complexity index is 1300. The molecule has 4 saturated heterocycles. The first kappa shape index (κ1) is 25.0. The third-order valence-corrected chi connectivity index (χ3v) is 9.07. The van der Waals surface area contributed by atoms with Gasteiger partial charge in [-0.2, -0.15) is 5.10 Å². The molecule has 2 N–H and O–H groups in total. The number of nitrogens with one attached hydrogen (secondary N) is 2. The third kappa shape index (κ3) is 4.71. The van der Waals surface area contributed by atoms with Gasteiger partial charge in [-0.25, -0.2) is 0 Å². The van der Waals surface area contributed by atoms with Crippen LogP contribution in [0, 0.1) is 0 Å². The Morgan fingerprint density at radius 3 is 2.54 bits per heavy atom. The van der Waals surface area contributed by atoms with E-state index in [4.69, 9.17) is 14.2 Å². The fraction of sp³-hybridized carbons (Fsp3) is 0.533. The molecule has 1 unspecified atom stereocenters. The number of nitrogens with zero attached hydrogens (tertiary/aromatic N) is 3. The number of benzene rings is 2. The van der Waals surface area contributed by atoms with Crippen LogP contribution >= 0.6 is 0 Å². The molecule has 9 heteroatoms. The summed E-state index contributed by atoms with van der Waals surface area (Å²) in [6.45, 7) is 6.81. The van der Waals surface area contributed by atoms with E-state index in [-0.39, 0.29) is 11.4 Å². The Morgan fingerprint density at radius 1 is 1.00 bits per heavy atom. The first-order valence-electron chi connectivity index (χ1n) is 14.3. The van der Waals surface area contributed by atoms with Gasteiger partial charge in [-0.1, -0.05) is 12.1 Å². The molecule has 0 aliphatic carbocycles. The van der Waals surface area contributed by atoms with Crippen LogP contribution in [0.3, 0.4) is 0 Å². The highest BCUT2D eigenvalue weighted by atomic mass is 16.5. The first-order chi connectivity index (χ1) is 19.2. The topological polar surface area (TPSA) is 92.0 Å². The Balaban J connectivity index is 1.09. The van der Waals surface area contributed by atoms with E-state index in [1.807, 2.05) is 18.2 Å². The molecule has 0 saturated carbocycles. The molecule has 1 amide bonds. The number of hydrogen-bond donors (Lipinski definition) is 2. The van der Waals surface area contributed by atoms with Gasteiger partial charge in [-0.05, 0) is 56.0 Å². The van der Waals surface area contributed by atoms with Crippen molar-refractivity contribution in [3.63, 3.8) is 0 Å². The molecule has 4 fully saturated rings. The minimum atomic E-state index is -0.176. The van der Waals surface area contributed by atoms with Gasteiger partial charge in [-0.15, -0.1) is 0 Å². The van der Waals surface area contributed by atoms with Crippen molar-refractivity contribution in [2.75, 3.05) is 64.2 Å². The van der Waals surface area contributed by atoms with E-state index in [9.17, 15) is 4.79 Å². The van der Waals surface area contributed by atoms with Crippen LogP contribution in [0.5, 0.6) is 0 Å². The molecule has 39 heavy (non-hydrogen) atoms. The molecular weight excluding hydrogens is 494 g/mol. The standard InChI is InChI=1S/C30H37N5O4/c36-29(31-19-30(10-1-13-38-20-30)34-11-14-37-15-12-34)22-4-9-27-26(16-22)28(33-32-27)21-2-5-23(6-3-21)35-24-7-8-25(35)18-39-17-24/h2-6,9,16,24-25H,1,7-8,10-15,17-20H2,(H,31,36)(H,32,33)/t24-,25+,30?. The van der Waals surface area contributed by atoms with E-state index in [0.717, 1.165) is 81.1 Å². The smallest absolute Gasteiger partial charge is 0.251 e. The van der Waals surface area contributed by atoms with Gasteiger partial charge < -0.3 is 24.4 Å². The summed E-state index contributed by atoms with van der Waals surface area (Å²) in [4.78, 5) is 18.3. The Morgan fingerprint density at radius 2 is 1.79 bits per heavy atom. The van der Waals surface area contributed by atoms with E-state index in [1.54, 1.807) is 0 Å². The van der Waals surface area contributed by atoms with Crippen molar-refractivity contribution in [1.29, 1.82) is 0 Å². The van der Waals surface area contributed by atoms with Crippen molar-refractivity contribution in [1.82, 2.24) is 20.4 Å². The number of aromatic nitrogens is 2. The number of hydrogen-bond acceptors (Lipinski definition) is 7. The van der Waals surface area contributed by atoms with E-state index in [0.29, 0.717) is 30.8 Å². The summed E-state index contributed by atoms with van der Waals surface area (Å²) in [7, 11) is 0. The fourth-order valence-corrected chi connectivity index (χ4v) is 6.94. The SMILES string of the molecule is O=C(NCC1(N2CCOCC2)CCCOC1)c1ccc2[nH]nc(-c3ccc(N4[C@@H]5CC[C@H]4COC5)cc3)c2c1. The molecule has 1 aromatic heterocycles. The number of rotatable bonds is 6. The summed E-state index contributed by atoms with van der Waals surface area (Å²) in [6, 6.07) is 15.4. The minimum absolute atomic E-state index is 0.0691. The lowest BCUT2D eigenvalue weighted by atomic mass is 9.89. The number of ether oxygens (including phenoxy) is 3. The van der Waals surface area contributed by atoms with E-state index >= 15 is 0 Å². The van der Waals surface area contributed by atoms with Gasteiger partial charge in [-0.3, -0.25) is 14.8 Å². The van der Waals surface area contributed by atoms with Crippen LogP contribution in [0.15, 0.2) is 42.5 Å². The van der Waals surface area contributed by atoms with Crippen LogP contribution in [0.25, 0.3) is 22.2 Å². The second-order valence-electron chi connectivity index (χ2n) is 11.4. The second-order valence-corrected chi connectivity index (χ2v) is 11.4. The van der Waals surface area contributed by atoms with Crippen LogP contribution in [0.1, 0.15) is 36.0 Å². The van der Waals surface area contributed by atoms with E-state index in [2.05, 4.69) is 49.6 Å². The molecule has 206 valence electrons. The first-order valence-corrected chi connectivity index (χ1v) is 14.3. The molecule has 0 spiro atoms. The van der Waals surface area contributed by atoms with Crippen molar-refractivity contribution in [3.8, 4) is 11.3 Å². The molecule has 0 radical (unpaired) electrons. The average Bonchev–Trinajstić information content (AvgIpc) is 3.53. The summed E-state index contributed by atoms with van der Waals surface area (Å²) in [6.07, 6.45) is 4.41. The Labute approximate surface area is 228 Å². The van der Waals surface area contributed by atoms with Crippen molar-refractivity contribution in [3.05, 3.63) is 48.0 Å². The third-order valence-electron chi connectivity index (χ3n) is 9.07. The van der Waals surface area contributed by atoms with Gasteiger partial charge in [0, 0.05) is 48.4 Å². The maximum absolute atomic E-state index is 13.4. The molecule has 5 heterocycles. The zero-order valence-electron chi connectivity index (χ0n) is 22.4. The van der Waals surface area contributed by atoms with Gasteiger partial charge in [0.25, 0.3) is 5.91 Å². The Hall–Kier alpha value is -2.98. The molecule has 3 atom stereocenters. The van der Waals surface area contributed by atoms with Crippen molar-refractivity contribution in [2.24, 2.45) is 0 Å². The van der Waals surface area contributed by atoms with Gasteiger partial charge in [0.15, 0.2) is 0 Å². The number of aromatic amines is 1. The number of morpholine rings is 2. The van der Waals surface area contributed by atoms with Gasteiger partial charge in [0.2, 0.25) is 0 Å². The highest BCUT2D eigenvalue weighted by molar-refractivity contribution is 6.01. The number of amides is 1. The maximum atomic E-state index is 13.4.